The Morgan fingerprint density at radius 2 is 1.75 bits per heavy atom. The second-order valence-corrected chi connectivity index (χ2v) is 3.66. The van der Waals surface area contributed by atoms with E-state index in [-0.39, 0.29) is 0 Å². The lowest BCUT2D eigenvalue weighted by Gasteiger charge is -1.91. The maximum Gasteiger partial charge on any atom is 0.151 e. The number of rotatable bonds is 0. The molecule has 0 saturated carbocycles. The van der Waals surface area contributed by atoms with Crippen molar-refractivity contribution in [2.24, 2.45) is 0 Å². The van der Waals surface area contributed by atoms with Crippen LogP contribution < -0.4 is 0 Å². The summed E-state index contributed by atoms with van der Waals surface area (Å²) in [7, 11) is 0. The van der Waals surface area contributed by atoms with E-state index in [0.29, 0.717) is 0 Å². The van der Waals surface area contributed by atoms with Gasteiger partial charge in [0.1, 0.15) is 5.58 Å². The fourth-order valence-corrected chi connectivity index (χ4v) is 1.98. The number of benzene rings is 2. The van der Waals surface area contributed by atoms with E-state index in [9.17, 15) is 0 Å². The first-order valence-electron chi connectivity index (χ1n) is 5.23. The normalized spacial score (nSPS) is 10.3. The van der Waals surface area contributed by atoms with Crippen molar-refractivity contribution < 1.29 is 4.42 Å². The maximum atomic E-state index is 5.83. The van der Waals surface area contributed by atoms with Gasteiger partial charge in [-0.2, -0.15) is 0 Å². The summed E-state index contributed by atoms with van der Waals surface area (Å²) in [6, 6.07) is 14.1. The van der Waals surface area contributed by atoms with Crippen LogP contribution in [-0.4, -0.2) is 0 Å². The molecule has 0 fully saturated rings. The molecule has 0 aliphatic rings. The molecule has 1 nitrogen and oxygen atoms in total. The molecule has 76 valence electrons. The van der Waals surface area contributed by atoms with Crippen LogP contribution in [0.25, 0.3) is 21.9 Å². The summed E-state index contributed by atoms with van der Waals surface area (Å²) < 4.78 is 5.83. The molecule has 0 bridgehead atoms. The zero-order chi connectivity index (χ0) is 11.0. The molecule has 0 atom stereocenters. The summed E-state index contributed by atoms with van der Waals surface area (Å²) in [5.41, 5.74) is 2.76. The molecule has 0 N–H and O–H groups in total. The van der Waals surface area contributed by atoms with Crippen LogP contribution in [-0.2, 0) is 0 Å². The molecule has 1 aromatic heterocycles. The first-order valence-corrected chi connectivity index (χ1v) is 5.23. The number of hydrogen-bond acceptors (Lipinski definition) is 1. The average Bonchev–Trinajstić information content (AvgIpc) is 2.69. The van der Waals surface area contributed by atoms with Gasteiger partial charge in [-0.25, -0.2) is 0 Å². The van der Waals surface area contributed by atoms with Gasteiger partial charge in [-0.3, -0.25) is 0 Å². The van der Waals surface area contributed by atoms with E-state index >= 15 is 0 Å². The van der Waals surface area contributed by atoms with E-state index in [2.05, 4.69) is 24.0 Å². The van der Waals surface area contributed by atoms with Gasteiger partial charge >= 0.3 is 0 Å². The molecule has 0 unspecified atom stereocenters. The van der Waals surface area contributed by atoms with Gasteiger partial charge in [-0.1, -0.05) is 36.3 Å². The fourth-order valence-electron chi connectivity index (χ4n) is 1.98. The molecule has 3 rings (SSSR count). The largest absolute Gasteiger partial charge is 0.455 e. The van der Waals surface area contributed by atoms with Gasteiger partial charge in [0.05, 0.1) is 5.56 Å². The van der Waals surface area contributed by atoms with Crippen molar-refractivity contribution in [1.82, 2.24) is 0 Å². The number of para-hydroxylation sites is 2. The van der Waals surface area contributed by atoms with Crippen LogP contribution in [0.5, 0.6) is 0 Å². The molecule has 16 heavy (non-hydrogen) atoms. The lowest BCUT2D eigenvalue weighted by Crippen LogP contribution is -1.73. The van der Waals surface area contributed by atoms with Crippen LogP contribution in [0.1, 0.15) is 12.5 Å². The molecule has 2 aromatic carbocycles. The smallest absolute Gasteiger partial charge is 0.151 e. The minimum Gasteiger partial charge on any atom is -0.455 e. The third-order valence-electron chi connectivity index (χ3n) is 2.66. The highest BCUT2D eigenvalue weighted by Crippen LogP contribution is 2.30. The predicted molar refractivity (Wildman–Crippen MR) is 66.3 cm³/mol. The van der Waals surface area contributed by atoms with Gasteiger partial charge in [0.2, 0.25) is 0 Å². The molecule has 0 aliphatic carbocycles. The van der Waals surface area contributed by atoms with Gasteiger partial charge in [-0.05, 0) is 19.1 Å². The topological polar surface area (TPSA) is 13.1 Å². The molecule has 0 spiro atoms. The summed E-state index contributed by atoms with van der Waals surface area (Å²) >= 11 is 0. The van der Waals surface area contributed by atoms with Crippen molar-refractivity contribution in [3.05, 3.63) is 48.0 Å². The third-order valence-corrected chi connectivity index (χ3v) is 2.66. The Morgan fingerprint density at radius 3 is 2.62 bits per heavy atom. The van der Waals surface area contributed by atoms with Crippen molar-refractivity contribution >= 4 is 21.9 Å². The second kappa shape index (κ2) is 3.43. The average molecular weight is 206 g/mol. The number of hydrogen-bond donors (Lipinski definition) is 0. The minimum absolute atomic E-state index is 0.887. The van der Waals surface area contributed by atoms with Crippen molar-refractivity contribution in [2.45, 2.75) is 6.92 Å². The van der Waals surface area contributed by atoms with Gasteiger partial charge in [0.25, 0.3) is 0 Å². The molecular formula is C15H10O. The van der Waals surface area contributed by atoms with E-state index in [1.165, 1.54) is 0 Å². The number of furan rings is 1. The minimum atomic E-state index is 0.887. The maximum absolute atomic E-state index is 5.83. The molecule has 0 aliphatic heterocycles. The lowest BCUT2D eigenvalue weighted by molar-refractivity contribution is 0.668. The van der Waals surface area contributed by atoms with Crippen molar-refractivity contribution in [3.8, 4) is 11.8 Å². The van der Waals surface area contributed by atoms with E-state index in [0.717, 1.165) is 27.5 Å². The lowest BCUT2D eigenvalue weighted by atomic mass is 10.1. The summed E-state index contributed by atoms with van der Waals surface area (Å²) in [6.07, 6.45) is 0. The molecule has 1 heterocycles. The standard InChI is InChI=1S/C15H10O/c1-2-6-11-7-5-9-13-12-8-3-4-10-14(12)16-15(11)13/h3-5,7-10H,1H3. The van der Waals surface area contributed by atoms with Gasteiger partial charge < -0.3 is 4.42 Å². The predicted octanol–water partition coefficient (Wildman–Crippen LogP) is 3.96. The Balaban J connectivity index is 2.52. The van der Waals surface area contributed by atoms with E-state index in [4.69, 9.17) is 4.42 Å². The van der Waals surface area contributed by atoms with Gasteiger partial charge in [0.15, 0.2) is 5.58 Å². The zero-order valence-electron chi connectivity index (χ0n) is 8.95. The monoisotopic (exact) mass is 206 g/mol. The SMILES string of the molecule is CC#Cc1cccc2c1oc1ccccc12. The van der Waals surface area contributed by atoms with Gasteiger partial charge in [0, 0.05) is 10.8 Å². The summed E-state index contributed by atoms with van der Waals surface area (Å²) in [5.74, 6) is 5.98. The fraction of sp³-hybridized carbons (Fsp3) is 0.0667. The van der Waals surface area contributed by atoms with Crippen LogP contribution in [0.3, 0.4) is 0 Å². The van der Waals surface area contributed by atoms with E-state index in [1.807, 2.05) is 37.3 Å². The molecule has 0 saturated heterocycles. The summed E-state index contributed by atoms with van der Waals surface area (Å²) in [6.45, 7) is 1.83. The van der Waals surface area contributed by atoms with E-state index in [1.54, 1.807) is 0 Å². The number of fused-ring (bicyclic) bond motifs is 3. The Bertz CT molecular complexity index is 723. The van der Waals surface area contributed by atoms with Crippen LogP contribution in [0, 0.1) is 11.8 Å². The second-order valence-electron chi connectivity index (χ2n) is 3.66. The molecule has 0 amide bonds. The van der Waals surface area contributed by atoms with E-state index < -0.39 is 0 Å². The molecule has 3 aromatic rings. The van der Waals surface area contributed by atoms with Crippen LogP contribution >= 0.6 is 0 Å². The first-order chi connectivity index (χ1) is 7.90. The van der Waals surface area contributed by atoms with Crippen LogP contribution in [0.15, 0.2) is 46.9 Å². The highest BCUT2D eigenvalue weighted by molar-refractivity contribution is 6.06. The van der Waals surface area contributed by atoms with Crippen molar-refractivity contribution in [2.75, 3.05) is 0 Å². The molecule has 1 heteroatoms. The Labute approximate surface area is 93.7 Å². The highest BCUT2D eigenvalue weighted by atomic mass is 16.3. The molecular weight excluding hydrogens is 196 g/mol. The van der Waals surface area contributed by atoms with Crippen LogP contribution in [0.4, 0.5) is 0 Å². The van der Waals surface area contributed by atoms with Crippen LogP contribution in [0.2, 0.25) is 0 Å². The Kier molecular flexibility index (Phi) is 1.94. The first kappa shape index (κ1) is 9.06. The summed E-state index contributed by atoms with van der Waals surface area (Å²) in [5, 5.41) is 2.29. The quantitative estimate of drug-likeness (QED) is 0.507. The zero-order valence-corrected chi connectivity index (χ0v) is 8.95. The Morgan fingerprint density at radius 1 is 0.938 bits per heavy atom. The molecule has 0 radical (unpaired) electrons. The van der Waals surface area contributed by atoms with Crippen molar-refractivity contribution in [3.63, 3.8) is 0 Å². The summed E-state index contributed by atoms with van der Waals surface area (Å²) in [4.78, 5) is 0. The highest BCUT2D eigenvalue weighted by Gasteiger charge is 2.07. The third kappa shape index (κ3) is 1.20. The Hall–Kier alpha value is -2.20. The van der Waals surface area contributed by atoms with Gasteiger partial charge in [-0.15, -0.1) is 5.92 Å². The van der Waals surface area contributed by atoms with Crippen molar-refractivity contribution in [1.29, 1.82) is 0 Å².